The molecule has 8 heteroatoms. The van der Waals surface area contributed by atoms with Gasteiger partial charge in [-0.1, -0.05) is 15.8 Å². The van der Waals surface area contributed by atoms with Crippen LogP contribution in [0, 0.1) is 6.92 Å². The van der Waals surface area contributed by atoms with Gasteiger partial charge < -0.3 is 4.74 Å². The molecule has 0 spiro atoms. The Morgan fingerprint density at radius 1 is 1.40 bits per heavy atom. The lowest BCUT2D eigenvalue weighted by atomic mass is 10.3. The topological polar surface area (TPSA) is 77.0 Å². The Balaban J connectivity index is 1.88. The molecule has 0 atom stereocenters. The number of methoxy groups -OCH3 is 1. The van der Waals surface area contributed by atoms with Gasteiger partial charge in [0.1, 0.15) is 10.6 Å². The van der Waals surface area contributed by atoms with Crippen molar-refractivity contribution in [3.8, 4) is 5.75 Å². The summed E-state index contributed by atoms with van der Waals surface area (Å²) in [6.07, 6.45) is 0. The molecule has 0 saturated carbocycles. The minimum Gasteiger partial charge on any atom is -0.497 e. The number of hydrogen-bond acceptors (Lipinski definition) is 7. The average Bonchev–Trinajstić information content (AvgIpc) is 3.03. The van der Waals surface area contributed by atoms with E-state index in [1.807, 2.05) is 18.2 Å². The van der Waals surface area contributed by atoms with Crippen LogP contribution in [0.15, 0.2) is 18.2 Å². The highest BCUT2D eigenvalue weighted by Gasteiger charge is 2.15. The molecule has 0 aliphatic heterocycles. The van der Waals surface area contributed by atoms with Crippen LogP contribution in [-0.2, 0) is 0 Å². The number of fused-ring (bicyclic) bond motifs is 1. The van der Waals surface area contributed by atoms with E-state index in [1.165, 1.54) is 11.3 Å². The third-order valence-corrected chi connectivity index (χ3v) is 4.43. The first kappa shape index (κ1) is 12.9. The zero-order valence-corrected chi connectivity index (χ0v) is 12.3. The molecular formula is C12H10N4O2S2. The molecule has 102 valence electrons. The van der Waals surface area contributed by atoms with Crippen molar-refractivity contribution in [2.45, 2.75) is 6.92 Å². The van der Waals surface area contributed by atoms with Crippen LogP contribution >= 0.6 is 22.9 Å². The van der Waals surface area contributed by atoms with E-state index in [4.69, 9.17) is 4.74 Å². The van der Waals surface area contributed by atoms with Crippen molar-refractivity contribution in [1.82, 2.24) is 14.6 Å². The fourth-order valence-corrected chi connectivity index (χ4v) is 3.12. The summed E-state index contributed by atoms with van der Waals surface area (Å²) in [6, 6.07) is 5.59. The fourth-order valence-electron chi connectivity index (χ4n) is 1.68. The van der Waals surface area contributed by atoms with Crippen LogP contribution in [0.4, 0.5) is 5.13 Å². The zero-order chi connectivity index (χ0) is 14.1. The van der Waals surface area contributed by atoms with Gasteiger partial charge in [-0.3, -0.25) is 10.1 Å². The lowest BCUT2D eigenvalue weighted by Crippen LogP contribution is -2.11. The summed E-state index contributed by atoms with van der Waals surface area (Å²) < 4.78 is 9.87. The second-order valence-corrected chi connectivity index (χ2v) is 5.78. The number of hydrogen-bond donors (Lipinski definition) is 1. The van der Waals surface area contributed by atoms with Crippen molar-refractivity contribution in [2.24, 2.45) is 0 Å². The van der Waals surface area contributed by atoms with Crippen molar-refractivity contribution in [3.63, 3.8) is 0 Å². The first-order valence-electron chi connectivity index (χ1n) is 5.72. The number of anilines is 1. The lowest BCUT2D eigenvalue weighted by Gasteiger charge is -1.97. The number of ether oxygens (including phenoxy) is 1. The summed E-state index contributed by atoms with van der Waals surface area (Å²) in [5, 5.41) is 7.14. The smallest absolute Gasteiger partial charge is 0.271 e. The van der Waals surface area contributed by atoms with E-state index in [-0.39, 0.29) is 5.91 Å². The number of carbonyl (C=O) groups is 1. The summed E-state index contributed by atoms with van der Waals surface area (Å²) >= 11 is 2.47. The average molecular weight is 306 g/mol. The molecule has 0 saturated heterocycles. The monoisotopic (exact) mass is 306 g/mol. The number of benzene rings is 1. The van der Waals surface area contributed by atoms with E-state index < -0.39 is 0 Å². The van der Waals surface area contributed by atoms with E-state index in [9.17, 15) is 4.79 Å². The van der Waals surface area contributed by atoms with Gasteiger partial charge in [-0.25, -0.2) is 4.98 Å². The van der Waals surface area contributed by atoms with Crippen LogP contribution in [0.25, 0.3) is 10.2 Å². The Morgan fingerprint density at radius 2 is 2.25 bits per heavy atom. The largest absolute Gasteiger partial charge is 0.497 e. The normalized spacial score (nSPS) is 10.7. The first-order chi connectivity index (χ1) is 9.67. The third kappa shape index (κ3) is 2.35. The fraction of sp³-hybridized carbons (Fsp3) is 0.167. The molecule has 20 heavy (non-hydrogen) atoms. The number of nitrogens with one attached hydrogen (secondary N) is 1. The van der Waals surface area contributed by atoms with Crippen LogP contribution in [0.3, 0.4) is 0 Å². The molecule has 2 heterocycles. The highest BCUT2D eigenvalue weighted by molar-refractivity contribution is 7.22. The number of aromatic nitrogens is 3. The second-order valence-electron chi connectivity index (χ2n) is 3.99. The van der Waals surface area contributed by atoms with Crippen molar-refractivity contribution >= 4 is 44.1 Å². The Bertz CT molecular complexity index is 781. The second kappa shape index (κ2) is 5.14. The molecule has 0 aliphatic rings. The molecule has 1 aromatic carbocycles. The summed E-state index contributed by atoms with van der Waals surface area (Å²) in [7, 11) is 1.62. The van der Waals surface area contributed by atoms with Gasteiger partial charge in [0.2, 0.25) is 0 Å². The molecule has 0 bridgehead atoms. The van der Waals surface area contributed by atoms with E-state index in [0.717, 1.165) is 27.5 Å². The zero-order valence-electron chi connectivity index (χ0n) is 10.7. The first-order valence-corrected chi connectivity index (χ1v) is 7.31. The number of nitrogens with zero attached hydrogens (tertiary/aromatic N) is 3. The van der Waals surface area contributed by atoms with Crippen LogP contribution < -0.4 is 10.1 Å². The lowest BCUT2D eigenvalue weighted by molar-refractivity contribution is 0.103. The van der Waals surface area contributed by atoms with Crippen molar-refractivity contribution in [2.75, 3.05) is 12.4 Å². The van der Waals surface area contributed by atoms with Crippen LogP contribution in [0.2, 0.25) is 0 Å². The maximum absolute atomic E-state index is 12.1. The number of aryl methyl sites for hydroxylation is 1. The van der Waals surface area contributed by atoms with Gasteiger partial charge in [-0.2, -0.15) is 0 Å². The molecule has 1 amide bonds. The summed E-state index contributed by atoms with van der Waals surface area (Å²) in [5.41, 5.74) is 1.44. The summed E-state index contributed by atoms with van der Waals surface area (Å²) in [5.74, 6) is 0.532. The van der Waals surface area contributed by atoms with E-state index in [2.05, 4.69) is 19.9 Å². The highest BCUT2D eigenvalue weighted by Crippen LogP contribution is 2.29. The maximum atomic E-state index is 12.1. The molecule has 0 radical (unpaired) electrons. The van der Waals surface area contributed by atoms with Gasteiger partial charge in [-0.05, 0) is 36.7 Å². The number of rotatable bonds is 3. The predicted octanol–water partition coefficient (Wildman–Crippen LogP) is 2.72. The molecule has 6 nitrogen and oxygen atoms in total. The summed E-state index contributed by atoms with van der Waals surface area (Å²) in [6.45, 7) is 1.75. The molecule has 1 N–H and O–H groups in total. The Labute approximate surface area is 122 Å². The SMILES string of the molecule is COc1ccc2nc(NC(=O)c3snnc3C)sc2c1. The molecule has 3 aromatic rings. The van der Waals surface area contributed by atoms with Gasteiger partial charge in [0, 0.05) is 0 Å². The van der Waals surface area contributed by atoms with E-state index in [0.29, 0.717) is 15.7 Å². The van der Waals surface area contributed by atoms with Gasteiger partial charge in [0.15, 0.2) is 5.13 Å². The van der Waals surface area contributed by atoms with Gasteiger partial charge in [0.05, 0.1) is 23.0 Å². The molecule has 2 aromatic heterocycles. The van der Waals surface area contributed by atoms with Gasteiger partial charge in [0.25, 0.3) is 5.91 Å². The van der Waals surface area contributed by atoms with E-state index in [1.54, 1.807) is 14.0 Å². The molecule has 0 unspecified atom stereocenters. The molecule has 0 aliphatic carbocycles. The van der Waals surface area contributed by atoms with Gasteiger partial charge in [-0.15, -0.1) is 5.10 Å². The quantitative estimate of drug-likeness (QED) is 0.805. The predicted molar refractivity (Wildman–Crippen MR) is 78.8 cm³/mol. The Morgan fingerprint density at radius 3 is 2.95 bits per heavy atom. The van der Waals surface area contributed by atoms with Crippen LogP contribution in [-0.4, -0.2) is 27.6 Å². The van der Waals surface area contributed by atoms with Crippen molar-refractivity contribution < 1.29 is 9.53 Å². The maximum Gasteiger partial charge on any atom is 0.271 e. The molecular weight excluding hydrogens is 296 g/mol. The third-order valence-electron chi connectivity index (χ3n) is 2.67. The standard InChI is InChI=1S/C12H10N4O2S2/c1-6-10(20-16-15-6)11(17)14-12-13-8-4-3-7(18-2)5-9(8)19-12/h3-5H,1-2H3,(H,13,14,17). The Hall–Kier alpha value is -2.06. The Kier molecular flexibility index (Phi) is 3.33. The van der Waals surface area contributed by atoms with Gasteiger partial charge >= 0.3 is 0 Å². The molecule has 3 rings (SSSR count). The van der Waals surface area contributed by atoms with Crippen molar-refractivity contribution in [3.05, 3.63) is 28.8 Å². The highest BCUT2D eigenvalue weighted by atomic mass is 32.1. The minimum absolute atomic E-state index is 0.233. The number of amides is 1. The van der Waals surface area contributed by atoms with Crippen LogP contribution in [0.1, 0.15) is 15.4 Å². The minimum atomic E-state index is -0.233. The summed E-state index contributed by atoms with van der Waals surface area (Å²) in [4.78, 5) is 16.9. The number of thiazole rings is 1. The van der Waals surface area contributed by atoms with Crippen molar-refractivity contribution in [1.29, 1.82) is 0 Å². The number of carbonyl (C=O) groups excluding carboxylic acids is 1. The van der Waals surface area contributed by atoms with Crippen LogP contribution in [0.5, 0.6) is 5.75 Å². The van der Waals surface area contributed by atoms with E-state index >= 15 is 0 Å². The molecule has 0 fully saturated rings.